The van der Waals surface area contributed by atoms with Crippen molar-refractivity contribution in [3.8, 4) is 0 Å². The van der Waals surface area contributed by atoms with E-state index in [1.807, 2.05) is 6.07 Å². The Hall–Kier alpha value is -0.940. The minimum Gasteiger partial charge on any atom is -0.347 e. The molecule has 1 atom stereocenters. The third-order valence-corrected chi connectivity index (χ3v) is 3.02. The molecule has 1 aromatic heterocycles. The van der Waals surface area contributed by atoms with E-state index < -0.39 is 0 Å². The number of pyridine rings is 1. The molecule has 4 nitrogen and oxygen atoms in total. The van der Waals surface area contributed by atoms with E-state index >= 15 is 0 Å². The summed E-state index contributed by atoms with van der Waals surface area (Å²) < 4.78 is 0.682. The van der Waals surface area contributed by atoms with Crippen LogP contribution in [0.25, 0.3) is 0 Å². The average Bonchev–Trinajstić information content (AvgIpc) is 2.30. The van der Waals surface area contributed by atoms with Gasteiger partial charge in [0.1, 0.15) is 10.3 Å². The molecule has 1 aliphatic heterocycles. The van der Waals surface area contributed by atoms with Gasteiger partial charge >= 0.3 is 0 Å². The van der Waals surface area contributed by atoms with Crippen LogP contribution in [0.3, 0.4) is 0 Å². The fourth-order valence-electron chi connectivity index (χ4n) is 1.77. The molecule has 16 heavy (non-hydrogen) atoms. The summed E-state index contributed by atoms with van der Waals surface area (Å²) in [5.41, 5.74) is 0.458. The first kappa shape index (κ1) is 11.5. The predicted molar refractivity (Wildman–Crippen MR) is 65.3 cm³/mol. The fourth-order valence-corrected chi connectivity index (χ4v) is 2.11. The van der Waals surface area contributed by atoms with Crippen LogP contribution in [0.15, 0.2) is 22.8 Å². The van der Waals surface area contributed by atoms with Crippen molar-refractivity contribution in [3.05, 3.63) is 28.5 Å². The molecule has 0 spiro atoms. The summed E-state index contributed by atoms with van der Waals surface area (Å²) in [5, 5.41) is 6.24. The highest BCUT2D eigenvalue weighted by Gasteiger charge is 2.16. The highest BCUT2D eigenvalue weighted by molar-refractivity contribution is 9.10. The summed E-state index contributed by atoms with van der Waals surface area (Å²) in [6.45, 7) is 1.89. The number of aromatic nitrogens is 1. The maximum absolute atomic E-state index is 11.8. The lowest BCUT2D eigenvalue weighted by Crippen LogP contribution is -2.45. The second kappa shape index (κ2) is 5.41. The molecule has 0 aliphatic carbocycles. The number of hydrogen-bond acceptors (Lipinski definition) is 3. The van der Waals surface area contributed by atoms with Crippen molar-refractivity contribution >= 4 is 21.8 Å². The number of piperidine rings is 1. The van der Waals surface area contributed by atoms with Crippen LogP contribution in [0, 0.1) is 0 Å². The molecule has 5 heteroatoms. The Morgan fingerprint density at radius 3 is 3.12 bits per heavy atom. The summed E-state index contributed by atoms with van der Waals surface area (Å²) in [5.74, 6) is -0.102. The topological polar surface area (TPSA) is 54.0 Å². The monoisotopic (exact) mass is 283 g/mol. The van der Waals surface area contributed by atoms with Crippen LogP contribution in [-0.2, 0) is 0 Å². The molecule has 0 unspecified atom stereocenters. The Kier molecular flexibility index (Phi) is 3.90. The lowest BCUT2D eigenvalue weighted by atomic mass is 10.1. The lowest BCUT2D eigenvalue weighted by Gasteiger charge is -2.23. The Balaban J connectivity index is 1.97. The number of nitrogens with zero attached hydrogens (tertiary/aromatic N) is 1. The zero-order chi connectivity index (χ0) is 11.4. The molecule has 1 aliphatic rings. The molecule has 0 saturated carbocycles. The van der Waals surface area contributed by atoms with Gasteiger partial charge in [0.05, 0.1) is 0 Å². The molecule has 2 rings (SSSR count). The highest BCUT2D eigenvalue weighted by atomic mass is 79.9. The summed E-state index contributed by atoms with van der Waals surface area (Å²) in [6.07, 6.45) is 2.14. The van der Waals surface area contributed by atoms with Crippen molar-refractivity contribution in [2.24, 2.45) is 0 Å². The van der Waals surface area contributed by atoms with Gasteiger partial charge in [-0.05, 0) is 47.4 Å². The Morgan fingerprint density at radius 1 is 1.56 bits per heavy atom. The average molecular weight is 284 g/mol. The molecule has 1 amide bonds. The normalized spacial score (nSPS) is 20.4. The van der Waals surface area contributed by atoms with Gasteiger partial charge in [0, 0.05) is 12.6 Å². The van der Waals surface area contributed by atoms with Crippen LogP contribution in [0.1, 0.15) is 23.3 Å². The minimum absolute atomic E-state index is 0.102. The summed E-state index contributed by atoms with van der Waals surface area (Å²) in [7, 11) is 0. The Bertz CT molecular complexity index is 377. The number of hydrogen-bond donors (Lipinski definition) is 2. The van der Waals surface area contributed by atoms with Gasteiger partial charge in [0.25, 0.3) is 5.91 Å². The zero-order valence-electron chi connectivity index (χ0n) is 8.87. The molecule has 0 aromatic carbocycles. The van der Waals surface area contributed by atoms with E-state index in [0.29, 0.717) is 10.3 Å². The summed E-state index contributed by atoms with van der Waals surface area (Å²) >= 11 is 3.25. The van der Waals surface area contributed by atoms with Crippen LogP contribution in [0.5, 0.6) is 0 Å². The maximum atomic E-state index is 11.8. The highest BCUT2D eigenvalue weighted by Crippen LogP contribution is 2.07. The molecule has 1 saturated heterocycles. The first-order valence-electron chi connectivity index (χ1n) is 5.40. The number of rotatable bonds is 2. The van der Waals surface area contributed by atoms with Crippen molar-refractivity contribution in [2.45, 2.75) is 18.9 Å². The first-order valence-corrected chi connectivity index (χ1v) is 6.19. The van der Waals surface area contributed by atoms with E-state index in [1.165, 1.54) is 0 Å². The number of halogens is 1. The van der Waals surface area contributed by atoms with E-state index in [0.717, 1.165) is 25.9 Å². The van der Waals surface area contributed by atoms with E-state index in [2.05, 4.69) is 31.5 Å². The quantitative estimate of drug-likeness (QED) is 0.805. The molecular weight excluding hydrogens is 270 g/mol. The van der Waals surface area contributed by atoms with Gasteiger partial charge in [-0.25, -0.2) is 4.98 Å². The number of nitrogens with one attached hydrogen (secondary N) is 2. The van der Waals surface area contributed by atoms with Crippen LogP contribution >= 0.6 is 15.9 Å². The minimum atomic E-state index is -0.102. The molecule has 0 bridgehead atoms. The second-order valence-corrected chi connectivity index (χ2v) is 4.67. The van der Waals surface area contributed by atoms with Gasteiger partial charge in [-0.2, -0.15) is 0 Å². The number of carbonyl (C=O) groups is 1. The van der Waals surface area contributed by atoms with Gasteiger partial charge in [-0.15, -0.1) is 0 Å². The van der Waals surface area contributed by atoms with Crippen molar-refractivity contribution in [1.82, 2.24) is 15.6 Å². The van der Waals surface area contributed by atoms with Gasteiger partial charge in [0.2, 0.25) is 0 Å². The third-order valence-electron chi connectivity index (χ3n) is 2.58. The van der Waals surface area contributed by atoms with E-state index in [9.17, 15) is 4.79 Å². The van der Waals surface area contributed by atoms with Gasteiger partial charge in [-0.3, -0.25) is 4.79 Å². The largest absolute Gasteiger partial charge is 0.347 e. The standard InChI is InChI=1S/C11H14BrN3O/c12-10-5-1-4-9(15-10)11(16)14-8-3-2-6-13-7-8/h1,4-5,8,13H,2-3,6-7H2,(H,14,16)/t8-/m1/s1. The van der Waals surface area contributed by atoms with E-state index in [1.54, 1.807) is 12.1 Å². The molecular formula is C11H14BrN3O. The molecule has 1 aromatic rings. The van der Waals surface area contributed by atoms with Crippen molar-refractivity contribution < 1.29 is 4.79 Å². The second-order valence-electron chi connectivity index (χ2n) is 3.86. The van der Waals surface area contributed by atoms with Crippen molar-refractivity contribution in [3.63, 3.8) is 0 Å². The third kappa shape index (κ3) is 3.02. The number of carbonyl (C=O) groups excluding carboxylic acids is 1. The predicted octanol–water partition coefficient (Wildman–Crippen LogP) is 1.33. The fraction of sp³-hybridized carbons (Fsp3) is 0.455. The van der Waals surface area contributed by atoms with Gasteiger partial charge in [-0.1, -0.05) is 6.07 Å². The van der Waals surface area contributed by atoms with E-state index in [-0.39, 0.29) is 11.9 Å². The van der Waals surface area contributed by atoms with Crippen LogP contribution in [0.4, 0.5) is 0 Å². The van der Waals surface area contributed by atoms with Crippen LogP contribution in [0.2, 0.25) is 0 Å². The number of amides is 1. The zero-order valence-corrected chi connectivity index (χ0v) is 10.5. The van der Waals surface area contributed by atoms with Crippen LogP contribution in [-0.4, -0.2) is 30.0 Å². The summed E-state index contributed by atoms with van der Waals surface area (Å²) in [6, 6.07) is 5.56. The SMILES string of the molecule is O=C(N[C@@H]1CCCNC1)c1cccc(Br)n1. The molecule has 86 valence electrons. The molecule has 0 radical (unpaired) electrons. The molecule has 1 fully saturated rings. The maximum Gasteiger partial charge on any atom is 0.270 e. The molecule has 2 N–H and O–H groups in total. The Labute approximate surface area is 103 Å². The Morgan fingerprint density at radius 2 is 2.44 bits per heavy atom. The smallest absolute Gasteiger partial charge is 0.270 e. The van der Waals surface area contributed by atoms with Crippen LogP contribution < -0.4 is 10.6 Å². The first-order chi connectivity index (χ1) is 7.75. The van der Waals surface area contributed by atoms with Crippen molar-refractivity contribution in [1.29, 1.82) is 0 Å². The van der Waals surface area contributed by atoms with Gasteiger partial charge in [0.15, 0.2) is 0 Å². The lowest BCUT2D eigenvalue weighted by molar-refractivity contribution is 0.0925. The summed E-state index contributed by atoms with van der Waals surface area (Å²) in [4.78, 5) is 16.0. The van der Waals surface area contributed by atoms with Crippen molar-refractivity contribution in [2.75, 3.05) is 13.1 Å². The molecule has 2 heterocycles. The van der Waals surface area contributed by atoms with Gasteiger partial charge < -0.3 is 10.6 Å². The van der Waals surface area contributed by atoms with E-state index in [4.69, 9.17) is 0 Å².